The number of nitrogens with zero attached hydrogens (tertiary/aromatic N) is 3. The lowest BCUT2D eigenvalue weighted by atomic mass is 10.2. The summed E-state index contributed by atoms with van der Waals surface area (Å²) < 4.78 is 45.4. The molecule has 11 heteroatoms. The first-order valence-corrected chi connectivity index (χ1v) is 10.9. The molecular weight excluding hydrogens is 486 g/mol. The second kappa shape index (κ2) is 9.09. The lowest BCUT2D eigenvalue weighted by molar-refractivity contribution is -0.0792. The van der Waals surface area contributed by atoms with Gasteiger partial charge in [0.25, 0.3) is 0 Å². The molecule has 32 heavy (non-hydrogen) atoms. The Labute approximate surface area is 194 Å². The predicted molar refractivity (Wildman–Crippen MR) is 116 cm³/mol. The van der Waals surface area contributed by atoms with E-state index in [9.17, 15) is 13.7 Å². The molecule has 0 amide bonds. The summed E-state index contributed by atoms with van der Waals surface area (Å²) in [5.74, 6) is -3.14. The van der Waals surface area contributed by atoms with Gasteiger partial charge in [0.1, 0.15) is 10.7 Å². The number of carbonyl (C=O) groups is 1. The Kier molecular flexibility index (Phi) is 6.41. The van der Waals surface area contributed by atoms with E-state index in [0.29, 0.717) is 22.5 Å². The van der Waals surface area contributed by atoms with Crippen LogP contribution in [0, 0.1) is 11.6 Å². The summed E-state index contributed by atoms with van der Waals surface area (Å²) in [5, 5.41) is 4.63. The third-order valence-corrected chi connectivity index (χ3v) is 6.63. The molecule has 0 N–H and O–H groups in total. The number of aromatic nitrogens is 3. The summed E-state index contributed by atoms with van der Waals surface area (Å²) in [6.07, 6.45) is 4.09. The highest BCUT2D eigenvalue weighted by molar-refractivity contribution is 7.99. The fourth-order valence-electron chi connectivity index (χ4n) is 3.31. The maximum Gasteiger partial charge on any atom is 0.382 e. The summed E-state index contributed by atoms with van der Waals surface area (Å²) >= 11 is 13.5. The standard InChI is InChI=1S/C21H14Cl2F3N3O2S/c1-2-8-28-10-11(9-27-28)29-18-13(6-7-14(22)17(18)25)19(20(29)23)32-15-5-3-4-12(16(15)24)21(30)31-26/h3-7,9-10H,2,8H2,1H3. The number of hydrogen-bond acceptors (Lipinski definition) is 4. The first kappa shape index (κ1) is 22.6. The van der Waals surface area contributed by atoms with Crippen LogP contribution >= 0.6 is 35.0 Å². The Morgan fingerprint density at radius 3 is 2.69 bits per heavy atom. The van der Waals surface area contributed by atoms with Crippen LogP contribution in [-0.4, -0.2) is 20.3 Å². The highest BCUT2D eigenvalue weighted by atomic mass is 35.5. The van der Waals surface area contributed by atoms with E-state index in [-0.39, 0.29) is 20.6 Å². The van der Waals surface area contributed by atoms with Crippen LogP contribution in [0.15, 0.2) is 52.5 Å². The third kappa shape index (κ3) is 3.85. The normalized spacial score (nSPS) is 11.3. The van der Waals surface area contributed by atoms with Crippen molar-refractivity contribution < 1.29 is 23.0 Å². The van der Waals surface area contributed by atoms with Gasteiger partial charge in [0.2, 0.25) is 0 Å². The fourth-order valence-corrected chi connectivity index (χ4v) is 4.88. The zero-order valence-corrected chi connectivity index (χ0v) is 18.7. The van der Waals surface area contributed by atoms with E-state index in [2.05, 4.69) is 10.0 Å². The Bertz CT molecular complexity index is 1340. The molecule has 0 aliphatic heterocycles. The lowest BCUT2D eigenvalue weighted by Crippen LogP contribution is -2.03. The molecule has 5 nitrogen and oxygen atoms in total. The molecule has 0 atom stereocenters. The predicted octanol–water partition coefficient (Wildman–Crippen LogP) is 7.01. The highest BCUT2D eigenvalue weighted by Gasteiger charge is 2.25. The molecule has 0 saturated heterocycles. The van der Waals surface area contributed by atoms with Crippen molar-refractivity contribution in [2.75, 3.05) is 0 Å². The smallest absolute Gasteiger partial charge is 0.293 e. The quantitative estimate of drug-likeness (QED) is 0.286. The van der Waals surface area contributed by atoms with Crippen LogP contribution in [0.2, 0.25) is 10.2 Å². The molecule has 4 rings (SSSR count). The molecule has 0 unspecified atom stereocenters. The third-order valence-electron chi connectivity index (χ3n) is 4.72. The summed E-state index contributed by atoms with van der Waals surface area (Å²) in [4.78, 5) is 14.9. The van der Waals surface area contributed by atoms with Crippen molar-refractivity contribution in [2.24, 2.45) is 0 Å². The number of hydrogen-bond donors (Lipinski definition) is 0. The second-order valence-electron chi connectivity index (χ2n) is 6.76. The number of rotatable bonds is 6. The summed E-state index contributed by atoms with van der Waals surface area (Å²) in [6.45, 7) is 2.65. The summed E-state index contributed by atoms with van der Waals surface area (Å²) in [7, 11) is 0. The van der Waals surface area contributed by atoms with E-state index >= 15 is 4.39 Å². The Morgan fingerprint density at radius 1 is 1.19 bits per heavy atom. The van der Waals surface area contributed by atoms with E-state index in [0.717, 1.165) is 24.2 Å². The lowest BCUT2D eigenvalue weighted by Gasteiger charge is -2.06. The van der Waals surface area contributed by atoms with Crippen LogP contribution in [0.5, 0.6) is 0 Å². The second-order valence-corrected chi connectivity index (χ2v) is 8.58. The largest absolute Gasteiger partial charge is 0.382 e. The van der Waals surface area contributed by atoms with Gasteiger partial charge in [-0.15, -0.1) is 0 Å². The number of aryl methyl sites for hydroxylation is 1. The van der Waals surface area contributed by atoms with Crippen LogP contribution < -0.4 is 0 Å². The van der Waals surface area contributed by atoms with E-state index in [1.165, 1.54) is 29.0 Å². The van der Waals surface area contributed by atoms with Crippen molar-refractivity contribution in [3.63, 3.8) is 0 Å². The van der Waals surface area contributed by atoms with E-state index < -0.39 is 23.2 Å². The monoisotopic (exact) mass is 499 g/mol. The zero-order valence-electron chi connectivity index (χ0n) is 16.4. The minimum atomic E-state index is -1.46. The number of fused-ring (bicyclic) bond motifs is 1. The first-order valence-electron chi connectivity index (χ1n) is 9.37. The van der Waals surface area contributed by atoms with Gasteiger partial charge in [-0.3, -0.25) is 9.25 Å². The molecule has 2 aromatic carbocycles. The van der Waals surface area contributed by atoms with Crippen LogP contribution in [0.4, 0.5) is 13.3 Å². The van der Waals surface area contributed by atoms with Crippen LogP contribution in [0.25, 0.3) is 16.6 Å². The molecule has 0 aliphatic carbocycles. The molecule has 0 fully saturated rings. The van der Waals surface area contributed by atoms with E-state index in [1.807, 2.05) is 6.92 Å². The highest BCUT2D eigenvalue weighted by Crippen LogP contribution is 2.45. The van der Waals surface area contributed by atoms with E-state index in [4.69, 9.17) is 23.2 Å². The topological polar surface area (TPSA) is 49.0 Å². The average molecular weight is 500 g/mol. The Balaban J connectivity index is 1.91. The minimum Gasteiger partial charge on any atom is -0.293 e. The van der Waals surface area contributed by atoms with Gasteiger partial charge < -0.3 is 0 Å². The van der Waals surface area contributed by atoms with Crippen molar-refractivity contribution in [3.8, 4) is 5.69 Å². The molecule has 0 spiro atoms. The van der Waals surface area contributed by atoms with Gasteiger partial charge in [0, 0.05) is 27.5 Å². The van der Waals surface area contributed by atoms with Crippen molar-refractivity contribution >= 4 is 51.8 Å². The van der Waals surface area contributed by atoms with Gasteiger partial charge in [0.15, 0.2) is 11.6 Å². The van der Waals surface area contributed by atoms with Gasteiger partial charge in [-0.25, -0.2) is 18.5 Å². The Morgan fingerprint density at radius 2 is 1.97 bits per heavy atom. The van der Waals surface area contributed by atoms with Gasteiger partial charge in [0.05, 0.1) is 27.3 Å². The molecule has 0 radical (unpaired) electrons. The average Bonchev–Trinajstić information content (AvgIpc) is 3.34. The van der Waals surface area contributed by atoms with Gasteiger partial charge >= 0.3 is 5.97 Å². The van der Waals surface area contributed by atoms with E-state index in [1.54, 1.807) is 16.9 Å². The van der Waals surface area contributed by atoms with Gasteiger partial charge in [-0.2, -0.15) is 5.10 Å². The molecule has 0 bridgehead atoms. The fraction of sp³-hybridized carbons (Fsp3) is 0.143. The molecule has 2 heterocycles. The van der Waals surface area contributed by atoms with Crippen LogP contribution in [-0.2, 0) is 11.5 Å². The van der Waals surface area contributed by atoms with Crippen LogP contribution in [0.1, 0.15) is 23.7 Å². The molecule has 0 saturated carbocycles. The zero-order chi connectivity index (χ0) is 23.0. The van der Waals surface area contributed by atoms with Gasteiger partial charge in [-0.05, 0) is 30.7 Å². The summed E-state index contributed by atoms with van der Waals surface area (Å²) in [6, 6.07) is 6.79. The molecule has 4 aromatic rings. The molecule has 2 aromatic heterocycles. The molecular formula is C21H14Cl2F3N3O2S. The SMILES string of the molecule is CCCn1cc(-n2c(Cl)c(Sc3cccc(C(=O)OF)c3F)c3ccc(Cl)c(F)c32)cn1. The number of carbonyl (C=O) groups excluding carboxylic acids is 1. The van der Waals surface area contributed by atoms with Crippen LogP contribution in [0.3, 0.4) is 0 Å². The maximum absolute atomic E-state index is 15.1. The maximum atomic E-state index is 15.1. The number of benzene rings is 2. The first-order chi connectivity index (χ1) is 15.4. The molecule has 0 aliphatic rings. The summed E-state index contributed by atoms with van der Waals surface area (Å²) in [5.41, 5.74) is 0.0184. The molecule has 166 valence electrons. The van der Waals surface area contributed by atoms with Crippen molar-refractivity contribution in [3.05, 3.63) is 70.1 Å². The van der Waals surface area contributed by atoms with Gasteiger partial charge in [-0.1, -0.05) is 48.0 Å². The number of halogens is 5. The van der Waals surface area contributed by atoms with Crippen molar-refractivity contribution in [1.82, 2.24) is 14.3 Å². The van der Waals surface area contributed by atoms with Crippen molar-refractivity contribution in [1.29, 1.82) is 0 Å². The minimum absolute atomic E-state index is 0.0223. The van der Waals surface area contributed by atoms with Crippen molar-refractivity contribution in [2.45, 2.75) is 29.7 Å². The Hall–Kier alpha value is -2.62.